The van der Waals surface area contributed by atoms with Gasteiger partial charge in [-0.1, -0.05) is 82.6 Å². The zero-order valence-corrected chi connectivity index (χ0v) is 25.5. The third-order valence-corrected chi connectivity index (χ3v) is 8.46. The van der Waals surface area contributed by atoms with Crippen molar-refractivity contribution in [2.75, 3.05) is 0 Å². The molecule has 0 unspecified atom stereocenters. The molecular weight excluding hydrogens is 690 g/mol. The van der Waals surface area contributed by atoms with Crippen LogP contribution < -0.4 is 0 Å². The highest BCUT2D eigenvalue weighted by molar-refractivity contribution is 14.1. The molecule has 0 fully saturated rings. The van der Waals surface area contributed by atoms with Gasteiger partial charge in [0, 0.05) is 29.9 Å². The SMILES string of the molecule is CCCCCCCCCCCC1=C(C(=O)c2ccccc2I)C(=O)C=C(C(=O)c2ccccc2I)C1=O. The second kappa shape index (κ2) is 14.9. The lowest BCUT2D eigenvalue weighted by Crippen LogP contribution is -2.28. The number of hydrogen-bond donors (Lipinski definition) is 0. The van der Waals surface area contributed by atoms with E-state index in [9.17, 15) is 19.2 Å². The average molecular weight is 722 g/mol. The summed E-state index contributed by atoms with van der Waals surface area (Å²) >= 11 is 4.11. The van der Waals surface area contributed by atoms with Gasteiger partial charge in [0.2, 0.25) is 0 Å². The average Bonchev–Trinajstić information content (AvgIpc) is 2.89. The second-order valence-corrected chi connectivity index (χ2v) is 11.6. The second-order valence-electron chi connectivity index (χ2n) is 9.30. The van der Waals surface area contributed by atoms with E-state index in [0.717, 1.165) is 25.3 Å². The first-order chi connectivity index (χ1) is 17.9. The van der Waals surface area contributed by atoms with Gasteiger partial charge in [0.15, 0.2) is 23.1 Å². The van der Waals surface area contributed by atoms with Crippen LogP contribution >= 0.6 is 45.2 Å². The number of carbonyl (C=O) groups excluding carboxylic acids is 4. The maximum atomic E-state index is 13.6. The Hall–Kier alpha value is -1.94. The van der Waals surface area contributed by atoms with Crippen LogP contribution in [0.25, 0.3) is 0 Å². The van der Waals surface area contributed by atoms with Gasteiger partial charge in [0.05, 0.1) is 11.1 Å². The van der Waals surface area contributed by atoms with E-state index in [1.807, 2.05) is 34.7 Å². The maximum absolute atomic E-state index is 13.6. The van der Waals surface area contributed by atoms with Crippen molar-refractivity contribution in [2.24, 2.45) is 0 Å². The number of benzene rings is 2. The first-order valence-electron chi connectivity index (χ1n) is 13.0. The monoisotopic (exact) mass is 722 g/mol. The van der Waals surface area contributed by atoms with E-state index >= 15 is 0 Å². The van der Waals surface area contributed by atoms with Gasteiger partial charge in [-0.05, 0) is 82.3 Å². The van der Waals surface area contributed by atoms with Crippen molar-refractivity contribution in [2.45, 2.75) is 71.1 Å². The minimum atomic E-state index is -0.565. The lowest BCUT2D eigenvalue weighted by atomic mass is 9.81. The summed E-state index contributed by atoms with van der Waals surface area (Å²) in [7, 11) is 0. The summed E-state index contributed by atoms with van der Waals surface area (Å²) in [5.74, 6) is -2.00. The zero-order chi connectivity index (χ0) is 26.8. The van der Waals surface area contributed by atoms with Crippen LogP contribution in [0.15, 0.2) is 71.3 Å². The fourth-order valence-corrected chi connectivity index (χ4v) is 5.80. The molecule has 0 bridgehead atoms. The molecule has 0 atom stereocenters. The van der Waals surface area contributed by atoms with Crippen molar-refractivity contribution in [3.8, 4) is 0 Å². The minimum absolute atomic E-state index is 0.0898. The standard InChI is InChI=1S/C31H32I2O4/c1-2-3-4-5-6-7-8-9-10-17-23-28(31(37)22-16-12-14-19-26(22)33)27(34)20-24(30(23)36)29(35)21-15-11-13-18-25(21)32/h11-16,18-20H,2-10,17H2,1H3. The molecule has 0 heterocycles. The van der Waals surface area contributed by atoms with Crippen LogP contribution in [-0.4, -0.2) is 23.1 Å². The van der Waals surface area contributed by atoms with E-state index in [2.05, 4.69) is 29.5 Å². The van der Waals surface area contributed by atoms with E-state index in [-0.39, 0.29) is 16.7 Å². The Balaban J connectivity index is 1.83. The Morgan fingerprint density at radius 1 is 0.676 bits per heavy atom. The maximum Gasteiger partial charge on any atom is 0.198 e. The van der Waals surface area contributed by atoms with Gasteiger partial charge >= 0.3 is 0 Å². The lowest BCUT2D eigenvalue weighted by Gasteiger charge is -2.19. The van der Waals surface area contributed by atoms with E-state index < -0.39 is 23.1 Å². The summed E-state index contributed by atoms with van der Waals surface area (Å²) < 4.78 is 1.42. The molecule has 0 aromatic heterocycles. The van der Waals surface area contributed by atoms with Gasteiger partial charge in [-0.25, -0.2) is 0 Å². The molecule has 1 aliphatic rings. The van der Waals surface area contributed by atoms with Crippen LogP contribution in [0.2, 0.25) is 0 Å². The van der Waals surface area contributed by atoms with Crippen molar-refractivity contribution in [1.29, 1.82) is 0 Å². The smallest absolute Gasteiger partial charge is 0.198 e. The molecule has 2 aromatic rings. The summed E-state index contributed by atoms with van der Waals surface area (Å²) in [5, 5.41) is 0. The molecule has 1 aliphatic carbocycles. The van der Waals surface area contributed by atoms with Gasteiger partial charge in [0.1, 0.15) is 0 Å². The zero-order valence-electron chi connectivity index (χ0n) is 21.2. The third-order valence-electron chi connectivity index (χ3n) is 6.58. The molecule has 3 rings (SSSR count). The van der Waals surface area contributed by atoms with Gasteiger partial charge in [-0.3, -0.25) is 19.2 Å². The molecule has 0 saturated carbocycles. The Morgan fingerprint density at radius 2 is 1.16 bits per heavy atom. The fourth-order valence-electron chi connectivity index (χ4n) is 4.53. The Bertz CT molecular complexity index is 1240. The number of Topliss-reactive ketones (excluding diaryl/α,β-unsaturated/α-hetero) is 3. The van der Waals surface area contributed by atoms with Gasteiger partial charge in [0.25, 0.3) is 0 Å². The number of allylic oxidation sites excluding steroid dienone is 4. The Kier molecular flexibility index (Phi) is 11.9. The number of unbranched alkanes of at least 4 members (excludes halogenated alkanes) is 8. The molecule has 0 aliphatic heterocycles. The van der Waals surface area contributed by atoms with Crippen molar-refractivity contribution in [1.82, 2.24) is 0 Å². The quantitative estimate of drug-likeness (QED) is 0.0648. The lowest BCUT2D eigenvalue weighted by molar-refractivity contribution is -0.115. The van der Waals surface area contributed by atoms with Crippen LogP contribution in [0.1, 0.15) is 91.8 Å². The molecule has 37 heavy (non-hydrogen) atoms. The number of carbonyl (C=O) groups is 4. The topological polar surface area (TPSA) is 68.3 Å². The van der Waals surface area contributed by atoms with Crippen molar-refractivity contribution in [3.05, 3.63) is 89.6 Å². The summed E-state index contributed by atoms with van der Waals surface area (Å²) in [6.07, 6.45) is 11.4. The van der Waals surface area contributed by atoms with E-state index in [4.69, 9.17) is 0 Å². The van der Waals surface area contributed by atoms with Crippen molar-refractivity contribution < 1.29 is 19.2 Å². The van der Waals surface area contributed by atoms with Gasteiger partial charge < -0.3 is 0 Å². The highest BCUT2D eigenvalue weighted by atomic mass is 127. The largest absolute Gasteiger partial charge is 0.289 e. The Labute approximate surface area is 246 Å². The van der Waals surface area contributed by atoms with Crippen LogP contribution in [-0.2, 0) is 9.59 Å². The van der Waals surface area contributed by atoms with Crippen molar-refractivity contribution >= 4 is 68.3 Å². The number of rotatable bonds is 14. The molecule has 4 nitrogen and oxygen atoms in total. The normalized spacial score (nSPS) is 13.6. The van der Waals surface area contributed by atoms with Crippen LogP contribution in [0.5, 0.6) is 0 Å². The van der Waals surface area contributed by atoms with Crippen LogP contribution in [0.3, 0.4) is 0 Å². The highest BCUT2D eigenvalue weighted by Crippen LogP contribution is 2.30. The summed E-state index contributed by atoms with van der Waals surface area (Å²) in [6, 6.07) is 14.0. The highest BCUT2D eigenvalue weighted by Gasteiger charge is 2.36. The minimum Gasteiger partial charge on any atom is -0.289 e. The van der Waals surface area contributed by atoms with E-state index in [1.165, 1.54) is 32.1 Å². The molecule has 0 amide bonds. The molecule has 0 radical (unpaired) electrons. The van der Waals surface area contributed by atoms with Crippen LogP contribution in [0, 0.1) is 7.14 Å². The molecule has 0 N–H and O–H groups in total. The Morgan fingerprint density at radius 3 is 1.70 bits per heavy atom. The molecule has 2 aromatic carbocycles. The first kappa shape index (κ1) is 29.6. The molecule has 194 valence electrons. The predicted molar refractivity (Wildman–Crippen MR) is 164 cm³/mol. The summed E-state index contributed by atoms with van der Waals surface area (Å²) in [5.41, 5.74) is 0.705. The van der Waals surface area contributed by atoms with E-state index in [0.29, 0.717) is 31.1 Å². The molecule has 6 heteroatoms. The number of halogens is 2. The molecule has 0 spiro atoms. The fraction of sp³-hybridized carbons (Fsp3) is 0.355. The molecular formula is C31H32I2O4. The van der Waals surface area contributed by atoms with Gasteiger partial charge in [-0.15, -0.1) is 0 Å². The first-order valence-corrected chi connectivity index (χ1v) is 15.1. The van der Waals surface area contributed by atoms with E-state index in [1.54, 1.807) is 36.4 Å². The van der Waals surface area contributed by atoms with Gasteiger partial charge in [-0.2, -0.15) is 0 Å². The summed E-state index contributed by atoms with van der Waals surface area (Å²) in [6.45, 7) is 2.21. The predicted octanol–water partition coefficient (Wildman–Crippen LogP) is 8.26. The van der Waals surface area contributed by atoms with Crippen molar-refractivity contribution in [3.63, 3.8) is 0 Å². The summed E-state index contributed by atoms with van der Waals surface area (Å²) in [4.78, 5) is 53.7. The van der Waals surface area contributed by atoms with Crippen LogP contribution in [0.4, 0.5) is 0 Å². The number of hydrogen-bond acceptors (Lipinski definition) is 4. The number of ketones is 4. The molecule has 0 saturated heterocycles. The third kappa shape index (κ3) is 7.78.